The normalized spacial score (nSPS) is 10.4. The molecule has 0 spiro atoms. The van der Waals surface area contributed by atoms with Crippen LogP contribution in [-0.2, 0) is 11.2 Å². The number of aryl methyl sites for hydroxylation is 1. The highest BCUT2D eigenvalue weighted by Crippen LogP contribution is 2.31. The second kappa shape index (κ2) is 7.96. The van der Waals surface area contributed by atoms with E-state index in [-0.39, 0.29) is 23.6 Å². The zero-order valence-corrected chi connectivity index (χ0v) is 15.5. The van der Waals surface area contributed by atoms with Gasteiger partial charge in [-0.2, -0.15) is 0 Å². The Kier molecular flexibility index (Phi) is 5.46. The Morgan fingerprint density at radius 2 is 2.04 bits per heavy atom. The van der Waals surface area contributed by atoms with Gasteiger partial charge in [0.15, 0.2) is 11.5 Å². The average molecular weight is 384 g/mol. The molecule has 0 unspecified atom stereocenters. The number of hydrogen-bond donors (Lipinski definition) is 0. The first kappa shape index (κ1) is 18.5. The van der Waals surface area contributed by atoms with E-state index >= 15 is 0 Å². The quantitative estimate of drug-likeness (QED) is 0.274. The van der Waals surface area contributed by atoms with Gasteiger partial charge >= 0.3 is 5.97 Å². The molecular weight excluding hydrogens is 368 g/mol. The highest BCUT2D eigenvalue weighted by Gasteiger charge is 2.17. The van der Waals surface area contributed by atoms with E-state index in [2.05, 4.69) is 4.98 Å². The van der Waals surface area contributed by atoms with Gasteiger partial charge in [0.2, 0.25) is 0 Å². The minimum atomic E-state index is -0.574. The summed E-state index contributed by atoms with van der Waals surface area (Å²) in [6.07, 6.45) is -0.0475. The van der Waals surface area contributed by atoms with Crippen LogP contribution in [0, 0.1) is 17.0 Å². The molecule has 0 N–H and O–H groups in total. The number of nitrogens with zero attached hydrogens (tertiary/aromatic N) is 2. The number of ether oxygens (including phenoxy) is 2. The number of non-ortho nitro benzene ring substituents is 1. The molecule has 3 aromatic rings. The van der Waals surface area contributed by atoms with Crippen molar-refractivity contribution in [1.29, 1.82) is 0 Å². The van der Waals surface area contributed by atoms with Crippen LogP contribution >= 0.6 is 11.3 Å². The molecule has 0 amide bonds. The van der Waals surface area contributed by atoms with Crippen molar-refractivity contribution in [3.8, 4) is 22.1 Å². The van der Waals surface area contributed by atoms with Crippen molar-refractivity contribution >= 4 is 23.0 Å². The Morgan fingerprint density at radius 1 is 1.22 bits per heavy atom. The SMILES string of the molecule is COc1ccc([N+](=O)[O-])cc1OC(=O)Cc1csc(-c2cccc(C)c2)n1. The number of nitro benzene ring substituents is 1. The van der Waals surface area contributed by atoms with Crippen molar-refractivity contribution in [2.75, 3.05) is 7.11 Å². The molecule has 1 heterocycles. The van der Waals surface area contributed by atoms with Crippen molar-refractivity contribution in [2.24, 2.45) is 0 Å². The van der Waals surface area contributed by atoms with Crippen LogP contribution in [0.1, 0.15) is 11.3 Å². The topological polar surface area (TPSA) is 91.6 Å². The Labute approximate surface area is 159 Å². The van der Waals surface area contributed by atoms with E-state index in [0.717, 1.165) is 22.2 Å². The van der Waals surface area contributed by atoms with E-state index in [1.807, 2.05) is 31.2 Å². The summed E-state index contributed by atoms with van der Waals surface area (Å²) in [5.41, 5.74) is 2.50. The highest BCUT2D eigenvalue weighted by atomic mass is 32.1. The molecule has 1 aromatic heterocycles. The molecule has 0 aliphatic carbocycles. The lowest BCUT2D eigenvalue weighted by molar-refractivity contribution is -0.384. The monoisotopic (exact) mass is 384 g/mol. The zero-order chi connectivity index (χ0) is 19.4. The van der Waals surface area contributed by atoms with Crippen LogP contribution in [0.25, 0.3) is 10.6 Å². The summed E-state index contributed by atoms with van der Waals surface area (Å²) in [6, 6.07) is 11.8. The van der Waals surface area contributed by atoms with Gasteiger partial charge in [0, 0.05) is 17.0 Å². The Bertz CT molecular complexity index is 999. The van der Waals surface area contributed by atoms with E-state index in [0.29, 0.717) is 5.69 Å². The molecule has 8 heteroatoms. The number of thiazole rings is 1. The van der Waals surface area contributed by atoms with Gasteiger partial charge in [-0.15, -0.1) is 11.3 Å². The molecule has 0 saturated heterocycles. The third-order valence-corrected chi connectivity index (χ3v) is 4.66. The summed E-state index contributed by atoms with van der Waals surface area (Å²) in [5, 5.41) is 13.5. The van der Waals surface area contributed by atoms with Crippen molar-refractivity contribution in [3.63, 3.8) is 0 Å². The van der Waals surface area contributed by atoms with Gasteiger partial charge in [0.25, 0.3) is 5.69 Å². The number of rotatable bonds is 6. The maximum atomic E-state index is 12.2. The van der Waals surface area contributed by atoms with E-state index in [1.54, 1.807) is 5.38 Å². The third kappa shape index (κ3) is 4.48. The minimum Gasteiger partial charge on any atom is -0.493 e. The Hall–Kier alpha value is -3.26. The second-order valence-electron chi connectivity index (χ2n) is 5.76. The predicted molar refractivity (Wildman–Crippen MR) is 101 cm³/mol. The lowest BCUT2D eigenvalue weighted by atomic mass is 10.1. The second-order valence-corrected chi connectivity index (χ2v) is 6.61. The summed E-state index contributed by atoms with van der Waals surface area (Å²) in [6.45, 7) is 2.00. The summed E-state index contributed by atoms with van der Waals surface area (Å²) in [4.78, 5) is 27.1. The number of aromatic nitrogens is 1. The molecule has 0 aliphatic rings. The number of benzene rings is 2. The van der Waals surface area contributed by atoms with Crippen molar-refractivity contribution < 1.29 is 19.2 Å². The molecule has 7 nitrogen and oxygen atoms in total. The van der Waals surface area contributed by atoms with Crippen LogP contribution in [-0.4, -0.2) is 23.0 Å². The van der Waals surface area contributed by atoms with Crippen LogP contribution in [0.4, 0.5) is 5.69 Å². The van der Waals surface area contributed by atoms with E-state index in [9.17, 15) is 14.9 Å². The maximum Gasteiger partial charge on any atom is 0.317 e. The molecule has 0 bridgehead atoms. The van der Waals surface area contributed by atoms with E-state index < -0.39 is 10.9 Å². The van der Waals surface area contributed by atoms with Crippen molar-refractivity contribution in [3.05, 3.63) is 69.2 Å². The van der Waals surface area contributed by atoms with Crippen molar-refractivity contribution in [1.82, 2.24) is 4.98 Å². The van der Waals surface area contributed by atoms with Crippen LogP contribution in [0.2, 0.25) is 0 Å². The fourth-order valence-corrected chi connectivity index (χ4v) is 3.28. The van der Waals surface area contributed by atoms with Gasteiger partial charge < -0.3 is 9.47 Å². The van der Waals surface area contributed by atoms with Crippen LogP contribution < -0.4 is 9.47 Å². The number of carbonyl (C=O) groups excluding carboxylic acids is 1. The smallest absolute Gasteiger partial charge is 0.317 e. The largest absolute Gasteiger partial charge is 0.493 e. The number of methoxy groups -OCH3 is 1. The van der Waals surface area contributed by atoms with Crippen LogP contribution in [0.15, 0.2) is 47.8 Å². The summed E-state index contributed by atoms with van der Waals surface area (Å²) >= 11 is 1.44. The Morgan fingerprint density at radius 3 is 2.74 bits per heavy atom. The predicted octanol–water partition coefficient (Wildman–Crippen LogP) is 4.18. The molecule has 138 valence electrons. The number of nitro groups is 1. The summed E-state index contributed by atoms with van der Waals surface area (Å²) < 4.78 is 10.4. The number of hydrogen-bond acceptors (Lipinski definition) is 7. The first-order chi connectivity index (χ1) is 13.0. The molecule has 2 aromatic carbocycles. The molecular formula is C19H16N2O5S. The number of carbonyl (C=O) groups is 1. The fourth-order valence-electron chi connectivity index (χ4n) is 2.46. The van der Waals surface area contributed by atoms with Crippen LogP contribution in [0.3, 0.4) is 0 Å². The van der Waals surface area contributed by atoms with E-state index in [4.69, 9.17) is 9.47 Å². The molecule has 0 atom stereocenters. The molecule has 0 aliphatic heterocycles. The van der Waals surface area contributed by atoms with E-state index in [1.165, 1.54) is 30.6 Å². The standard InChI is InChI=1S/C19H16N2O5S/c1-12-4-3-5-13(8-12)19-20-14(11-27-19)9-18(22)26-17-10-15(21(23)24)6-7-16(17)25-2/h3-8,10-11H,9H2,1-2H3. The molecule has 0 radical (unpaired) electrons. The van der Waals surface area contributed by atoms with Gasteiger partial charge in [-0.1, -0.05) is 23.8 Å². The maximum absolute atomic E-state index is 12.2. The minimum absolute atomic E-state index is 0.00540. The summed E-state index contributed by atoms with van der Waals surface area (Å²) in [7, 11) is 1.40. The van der Waals surface area contributed by atoms with Gasteiger partial charge in [0.1, 0.15) is 5.01 Å². The first-order valence-electron chi connectivity index (χ1n) is 8.01. The zero-order valence-electron chi connectivity index (χ0n) is 14.7. The lowest BCUT2D eigenvalue weighted by Gasteiger charge is -2.08. The Balaban J connectivity index is 1.73. The van der Waals surface area contributed by atoms with Crippen LogP contribution in [0.5, 0.6) is 11.5 Å². The molecule has 27 heavy (non-hydrogen) atoms. The molecule has 3 rings (SSSR count). The number of esters is 1. The molecule has 0 saturated carbocycles. The van der Waals surface area contributed by atoms with Gasteiger partial charge in [-0.05, 0) is 19.1 Å². The van der Waals surface area contributed by atoms with Gasteiger partial charge in [-0.25, -0.2) is 4.98 Å². The fraction of sp³-hybridized carbons (Fsp3) is 0.158. The average Bonchev–Trinajstić information content (AvgIpc) is 3.10. The first-order valence-corrected chi connectivity index (χ1v) is 8.89. The lowest BCUT2D eigenvalue weighted by Crippen LogP contribution is -2.12. The third-order valence-electron chi connectivity index (χ3n) is 3.72. The molecule has 0 fully saturated rings. The van der Waals surface area contributed by atoms with Crippen molar-refractivity contribution in [2.45, 2.75) is 13.3 Å². The van der Waals surface area contributed by atoms with Gasteiger partial charge in [-0.3, -0.25) is 14.9 Å². The van der Waals surface area contributed by atoms with Gasteiger partial charge in [0.05, 0.1) is 30.2 Å². The summed E-state index contributed by atoms with van der Waals surface area (Å²) in [5.74, 6) is -0.326. The highest BCUT2D eigenvalue weighted by molar-refractivity contribution is 7.13.